The Morgan fingerprint density at radius 1 is 1.47 bits per heavy atom. The normalized spacial score (nSPS) is 18.3. The highest BCUT2D eigenvalue weighted by atomic mass is 16.1. The van der Waals surface area contributed by atoms with Crippen LogP contribution in [-0.2, 0) is 4.79 Å². The van der Waals surface area contributed by atoms with Gasteiger partial charge in [0.2, 0.25) is 5.91 Å². The van der Waals surface area contributed by atoms with E-state index >= 15 is 0 Å². The van der Waals surface area contributed by atoms with E-state index in [1.807, 2.05) is 7.05 Å². The molecule has 0 radical (unpaired) electrons. The summed E-state index contributed by atoms with van der Waals surface area (Å²) >= 11 is 0. The lowest BCUT2D eigenvalue weighted by atomic mass is 9.83. The first-order chi connectivity index (χ1) is 7.27. The predicted octanol–water partition coefficient (Wildman–Crippen LogP) is 1.54. The summed E-state index contributed by atoms with van der Waals surface area (Å²) in [7, 11) is 1.89. The Morgan fingerprint density at radius 3 is 2.67 bits per heavy atom. The van der Waals surface area contributed by atoms with E-state index in [1.54, 1.807) is 0 Å². The van der Waals surface area contributed by atoms with Crippen LogP contribution in [0.25, 0.3) is 0 Å². The lowest BCUT2D eigenvalue weighted by Crippen LogP contribution is -2.36. The van der Waals surface area contributed by atoms with E-state index in [9.17, 15) is 4.79 Å². The van der Waals surface area contributed by atoms with Gasteiger partial charge in [-0.15, -0.1) is 0 Å². The Morgan fingerprint density at radius 2 is 2.20 bits per heavy atom. The first-order valence-electron chi connectivity index (χ1n) is 6.20. The van der Waals surface area contributed by atoms with E-state index in [4.69, 9.17) is 0 Å². The first kappa shape index (κ1) is 12.5. The minimum absolute atomic E-state index is 0.136. The molecule has 88 valence electrons. The van der Waals surface area contributed by atoms with E-state index in [2.05, 4.69) is 17.6 Å². The number of amides is 1. The van der Waals surface area contributed by atoms with Gasteiger partial charge in [-0.05, 0) is 25.8 Å². The Hall–Kier alpha value is -0.570. The van der Waals surface area contributed by atoms with Crippen LogP contribution in [0.5, 0.6) is 0 Å². The second-order valence-electron chi connectivity index (χ2n) is 4.54. The second-order valence-corrected chi connectivity index (χ2v) is 4.54. The van der Waals surface area contributed by atoms with Crippen molar-refractivity contribution in [3.63, 3.8) is 0 Å². The predicted molar refractivity (Wildman–Crippen MR) is 62.7 cm³/mol. The average molecular weight is 212 g/mol. The molecule has 1 atom stereocenters. The molecule has 3 nitrogen and oxygen atoms in total. The molecule has 0 saturated heterocycles. The first-order valence-corrected chi connectivity index (χ1v) is 6.20. The molecular formula is C12H24N2O. The highest BCUT2D eigenvalue weighted by Crippen LogP contribution is 2.28. The lowest BCUT2D eigenvalue weighted by Gasteiger charge is -2.25. The quantitative estimate of drug-likeness (QED) is 0.672. The highest BCUT2D eigenvalue weighted by molar-refractivity contribution is 5.78. The van der Waals surface area contributed by atoms with Crippen molar-refractivity contribution in [3.05, 3.63) is 0 Å². The van der Waals surface area contributed by atoms with Crippen LogP contribution in [0.15, 0.2) is 0 Å². The van der Waals surface area contributed by atoms with Gasteiger partial charge < -0.3 is 10.6 Å². The number of carbonyl (C=O) groups is 1. The molecule has 0 aromatic heterocycles. The van der Waals surface area contributed by atoms with Gasteiger partial charge in [0.15, 0.2) is 0 Å². The molecule has 0 aromatic carbocycles. The number of hydrogen-bond donors (Lipinski definition) is 2. The Bertz CT molecular complexity index is 190. The minimum Gasteiger partial charge on any atom is -0.356 e. The SMILES string of the molecule is CCC(CNC)C(=O)NCCC1CCC1. The lowest BCUT2D eigenvalue weighted by molar-refractivity contribution is -0.125. The molecule has 1 saturated carbocycles. The molecule has 1 aliphatic rings. The fourth-order valence-electron chi connectivity index (χ4n) is 1.99. The van der Waals surface area contributed by atoms with Gasteiger partial charge in [-0.2, -0.15) is 0 Å². The summed E-state index contributed by atoms with van der Waals surface area (Å²) < 4.78 is 0. The van der Waals surface area contributed by atoms with E-state index in [0.717, 1.165) is 25.4 Å². The molecule has 1 fully saturated rings. The van der Waals surface area contributed by atoms with Crippen LogP contribution in [-0.4, -0.2) is 26.0 Å². The summed E-state index contributed by atoms with van der Waals surface area (Å²) in [6.45, 7) is 3.71. The zero-order valence-electron chi connectivity index (χ0n) is 10.0. The monoisotopic (exact) mass is 212 g/mol. The topological polar surface area (TPSA) is 41.1 Å². The van der Waals surface area contributed by atoms with Crippen molar-refractivity contribution in [2.24, 2.45) is 11.8 Å². The average Bonchev–Trinajstić information content (AvgIpc) is 2.17. The van der Waals surface area contributed by atoms with Crippen LogP contribution in [0.1, 0.15) is 39.0 Å². The largest absolute Gasteiger partial charge is 0.356 e. The summed E-state index contributed by atoms with van der Waals surface area (Å²) in [5.41, 5.74) is 0. The van der Waals surface area contributed by atoms with Crippen molar-refractivity contribution in [3.8, 4) is 0 Å². The molecule has 2 N–H and O–H groups in total. The third-order valence-corrected chi connectivity index (χ3v) is 3.39. The second kappa shape index (κ2) is 6.83. The van der Waals surface area contributed by atoms with Crippen molar-refractivity contribution in [2.75, 3.05) is 20.1 Å². The maximum Gasteiger partial charge on any atom is 0.224 e. The van der Waals surface area contributed by atoms with Crippen molar-refractivity contribution in [2.45, 2.75) is 39.0 Å². The fraction of sp³-hybridized carbons (Fsp3) is 0.917. The highest BCUT2D eigenvalue weighted by Gasteiger charge is 2.18. The van der Waals surface area contributed by atoms with Crippen LogP contribution in [0.3, 0.4) is 0 Å². The molecule has 1 amide bonds. The van der Waals surface area contributed by atoms with Gasteiger partial charge in [0.25, 0.3) is 0 Å². The molecular weight excluding hydrogens is 188 g/mol. The van der Waals surface area contributed by atoms with Crippen molar-refractivity contribution in [1.29, 1.82) is 0 Å². The molecule has 1 aliphatic carbocycles. The van der Waals surface area contributed by atoms with Gasteiger partial charge in [0, 0.05) is 13.1 Å². The number of rotatable bonds is 7. The van der Waals surface area contributed by atoms with Crippen LogP contribution in [0.4, 0.5) is 0 Å². The van der Waals surface area contributed by atoms with Gasteiger partial charge in [0.05, 0.1) is 5.92 Å². The molecule has 0 spiro atoms. The van der Waals surface area contributed by atoms with Gasteiger partial charge in [-0.25, -0.2) is 0 Å². The van der Waals surface area contributed by atoms with E-state index < -0.39 is 0 Å². The number of nitrogens with one attached hydrogen (secondary N) is 2. The van der Waals surface area contributed by atoms with E-state index in [0.29, 0.717) is 0 Å². The van der Waals surface area contributed by atoms with Crippen molar-refractivity contribution < 1.29 is 4.79 Å². The zero-order chi connectivity index (χ0) is 11.1. The standard InChI is InChI=1S/C12H24N2O/c1-3-11(9-13-2)12(15)14-8-7-10-5-4-6-10/h10-11,13H,3-9H2,1-2H3,(H,14,15). The third kappa shape index (κ3) is 4.20. The Balaban J connectivity index is 2.09. The van der Waals surface area contributed by atoms with Crippen LogP contribution in [0.2, 0.25) is 0 Å². The van der Waals surface area contributed by atoms with Crippen molar-refractivity contribution in [1.82, 2.24) is 10.6 Å². The summed E-state index contributed by atoms with van der Waals surface area (Å²) in [6.07, 6.45) is 6.20. The van der Waals surface area contributed by atoms with Gasteiger partial charge in [0.1, 0.15) is 0 Å². The van der Waals surface area contributed by atoms with Crippen LogP contribution in [0, 0.1) is 11.8 Å². The summed E-state index contributed by atoms with van der Waals surface area (Å²) in [4.78, 5) is 11.7. The van der Waals surface area contributed by atoms with Gasteiger partial charge in [-0.1, -0.05) is 26.2 Å². The zero-order valence-corrected chi connectivity index (χ0v) is 10.0. The molecule has 15 heavy (non-hydrogen) atoms. The number of hydrogen-bond acceptors (Lipinski definition) is 2. The molecule has 0 aromatic rings. The van der Waals surface area contributed by atoms with E-state index in [1.165, 1.54) is 25.7 Å². The summed E-state index contributed by atoms with van der Waals surface area (Å²) in [5.74, 6) is 1.23. The van der Waals surface area contributed by atoms with Crippen LogP contribution >= 0.6 is 0 Å². The maximum absolute atomic E-state index is 11.7. The fourth-order valence-corrected chi connectivity index (χ4v) is 1.99. The van der Waals surface area contributed by atoms with Crippen molar-refractivity contribution >= 4 is 5.91 Å². The van der Waals surface area contributed by atoms with Crippen LogP contribution < -0.4 is 10.6 Å². The van der Waals surface area contributed by atoms with Gasteiger partial charge in [-0.3, -0.25) is 4.79 Å². The number of carbonyl (C=O) groups excluding carboxylic acids is 1. The molecule has 0 aliphatic heterocycles. The summed E-state index contributed by atoms with van der Waals surface area (Å²) in [6, 6.07) is 0. The molecule has 1 unspecified atom stereocenters. The smallest absolute Gasteiger partial charge is 0.224 e. The summed E-state index contributed by atoms with van der Waals surface area (Å²) in [5, 5.41) is 6.10. The van der Waals surface area contributed by atoms with E-state index in [-0.39, 0.29) is 11.8 Å². The molecule has 0 bridgehead atoms. The minimum atomic E-state index is 0.136. The molecule has 1 rings (SSSR count). The Labute approximate surface area is 93.0 Å². The van der Waals surface area contributed by atoms with Gasteiger partial charge >= 0.3 is 0 Å². The Kier molecular flexibility index (Phi) is 5.69. The maximum atomic E-state index is 11.7. The molecule has 3 heteroatoms. The third-order valence-electron chi connectivity index (χ3n) is 3.39. The molecule has 0 heterocycles.